The van der Waals surface area contributed by atoms with E-state index in [2.05, 4.69) is 21.3 Å². The molecule has 1 N–H and O–H groups in total. The Morgan fingerprint density at radius 1 is 1.50 bits per heavy atom. The van der Waals surface area contributed by atoms with Crippen LogP contribution in [0.2, 0.25) is 0 Å². The highest BCUT2D eigenvalue weighted by Crippen LogP contribution is 1.74. The Morgan fingerprint density at radius 2 is 2.50 bits per heavy atom. The molecule has 1 rings (SSSR count). The van der Waals surface area contributed by atoms with Crippen molar-refractivity contribution in [3.8, 4) is 0 Å². The van der Waals surface area contributed by atoms with Crippen molar-refractivity contribution in [2.45, 2.75) is 0 Å². The zero-order valence-electron chi connectivity index (χ0n) is 3.00. The number of nitrogens with zero attached hydrogens (tertiary/aromatic N) is 3. The van der Waals surface area contributed by atoms with E-state index in [9.17, 15) is 0 Å². The van der Waals surface area contributed by atoms with Gasteiger partial charge in [0, 0.05) is 6.20 Å². The van der Waals surface area contributed by atoms with Crippen molar-refractivity contribution in [3.05, 3.63) is 12.4 Å². The van der Waals surface area contributed by atoms with Crippen LogP contribution < -0.4 is 10.9 Å². The van der Waals surface area contributed by atoms with Crippen LogP contribution >= 0.6 is 0 Å². The normalized spacial score (nSPS) is 16.0. The number of hydrogen-bond donors (Lipinski definition) is 1. The number of rotatable bonds is 0. The molecule has 0 saturated carbocycles. The SMILES string of the molecule is C1=CNN=N[N]1. The average molecular weight is 83.1 g/mol. The molecule has 0 fully saturated rings. The lowest BCUT2D eigenvalue weighted by Crippen LogP contribution is -1.99. The topological polar surface area (TPSA) is 50.9 Å². The van der Waals surface area contributed by atoms with Gasteiger partial charge in [0.25, 0.3) is 0 Å². The molecule has 0 unspecified atom stereocenters. The highest BCUT2D eigenvalue weighted by Gasteiger charge is 1.75. The van der Waals surface area contributed by atoms with Gasteiger partial charge in [0.15, 0.2) is 0 Å². The molecule has 1 aliphatic heterocycles. The van der Waals surface area contributed by atoms with Crippen LogP contribution in [0.25, 0.3) is 0 Å². The van der Waals surface area contributed by atoms with Gasteiger partial charge < -0.3 is 0 Å². The summed E-state index contributed by atoms with van der Waals surface area (Å²) in [6.45, 7) is 0. The second-order valence-electron chi connectivity index (χ2n) is 0.750. The standard InChI is InChI=1S/C2H3N4/c1-2-4-6-5-3-1/h1-2H,(H,3,6). The van der Waals surface area contributed by atoms with Crippen molar-refractivity contribution in [3.63, 3.8) is 0 Å². The van der Waals surface area contributed by atoms with Gasteiger partial charge in [-0.25, -0.2) is 0 Å². The molecule has 0 aromatic carbocycles. The summed E-state index contributed by atoms with van der Waals surface area (Å²) < 4.78 is 0. The zero-order valence-corrected chi connectivity index (χ0v) is 3.00. The Morgan fingerprint density at radius 3 is 2.67 bits per heavy atom. The van der Waals surface area contributed by atoms with E-state index in [-0.39, 0.29) is 0 Å². The van der Waals surface area contributed by atoms with Gasteiger partial charge in [0.1, 0.15) is 0 Å². The van der Waals surface area contributed by atoms with E-state index in [0.29, 0.717) is 0 Å². The van der Waals surface area contributed by atoms with Gasteiger partial charge >= 0.3 is 0 Å². The lowest BCUT2D eigenvalue weighted by molar-refractivity contribution is 0.700. The predicted molar refractivity (Wildman–Crippen MR) is 19.3 cm³/mol. The van der Waals surface area contributed by atoms with E-state index < -0.39 is 0 Å². The monoisotopic (exact) mass is 83.0 g/mol. The first kappa shape index (κ1) is 3.14. The van der Waals surface area contributed by atoms with Gasteiger partial charge in [-0.15, -0.1) is 5.43 Å². The van der Waals surface area contributed by atoms with Gasteiger partial charge in [-0.05, 0) is 10.4 Å². The van der Waals surface area contributed by atoms with E-state index in [0.717, 1.165) is 0 Å². The second kappa shape index (κ2) is 1.40. The summed E-state index contributed by atoms with van der Waals surface area (Å²) in [4.78, 5) is 0. The molecule has 6 heavy (non-hydrogen) atoms. The molecular formula is C2H3N4. The van der Waals surface area contributed by atoms with Crippen molar-refractivity contribution >= 4 is 0 Å². The molecule has 0 aromatic rings. The molecule has 0 bridgehead atoms. The van der Waals surface area contributed by atoms with E-state index in [1.54, 1.807) is 6.20 Å². The molecule has 4 heteroatoms. The largest absolute Gasteiger partial charge is 0.264 e. The van der Waals surface area contributed by atoms with Crippen LogP contribution in [-0.4, -0.2) is 0 Å². The Bertz CT molecular complexity index is 63.5. The fraction of sp³-hybridized carbons (Fsp3) is 0. The van der Waals surface area contributed by atoms with Gasteiger partial charge in [0.05, 0.1) is 6.20 Å². The first-order valence-corrected chi connectivity index (χ1v) is 1.50. The summed E-state index contributed by atoms with van der Waals surface area (Å²) in [5, 5.41) is 6.53. The minimum absolute atomic E-state index is 1.52. The maximum Gasteiger partial charge on any atom is 0.0691 e. The molecular weight excluding hydrogens is 80.0 g/mol. The van der Waals surface area contributed by atoms with E-state index in [1.807, 2.05) is 0 Å². The fourth-order valence-corrected chi connectivity index (χ4v) is 0.181. The summed E-state index contributed by atoms with van der Waals surface area (Å²) in [6, 6.07) is 0. The summed E-state index contributed by atoms with van der Waals surface area (Å²) >= 11 is 0. The van der Waals surface area contributed by atoms with Gasteiger partial charge in [-0.2, -0.15) is 0 Å². The maximum absolute atomic E-state index is 3.39. The number of nitrogens with one attached hydrogen (secondary N) is 1. The molecule has 0 aromatic heterocycles. The molecule has 4 nitrogen and oxygen atoms in total. The smallest absolute Gasteiger partial charge is 0.0691 e. The molecule has 31 valence electrons. The lowest BCUT2D eigenvalue weighted by atomic mass is 10.9. The molecule has 1 radical (unpaired) electrons. The van der Waals surface area contributed by atoms with Crippen LogP contribution in [0, 0.1) is 0 Å². The average Bonchev–Trinajstić information content (AvgIpc) is 1.72. The van der Waals surface area contributed by atoms with Crippen LogP contribution in [0.1, 0.15) is 0 Å². The maximum atomic E-state index is 3.39. The van der Waals surface area contributed by atoms with Crippen LogP contribution in [0.4, 0.5) is 0 Å². The molecule has 0 amide bonds. The third kappa shape index (κ3) is 0.453. The Balaban J connectivity index is 2.40. The third-order valence-corrected chi connectivity index (χ3v) is 0.370. The van der Waals surface area contributed by atoms with Crippen LogP contribution in [0.3, 0.4) is 0 Å². The Kier molecular flexibility index (Phi) is 0.731. The van der Waals surface area contributed by atoms with Crippen molar-refractivity contribution < 1.29 is 0 Å². The van der Waals surface area contributed by atoms with Crippen LogP contribution in [-0.2, 0) is 0 Å². The predicted octanol–water partition coefficient (Wildman–Crippen LogP) is -0.0526. The van der Waals surface area contributed by atoms with Gasteiger partial charge in [-0.1, -0.05) is 0 Å². The van der Waals surface area contributed by atoms with Crippen LogP contribution in [0.15, 0.2) is 22.8 Å². The first-order valence-electron chi connectivity index (χ1n) is 1.50. The zero-order chi connectivity index (χ0) is 4.24. The summed E-state index contributed by atoms with van der Waals surface area (Å²) in [5.74, 6) is 0. The fourth-order valence-electron chi connectivity index (χ4n) is 0.181. The second-order valence-corrected chi connectivity index (χ2v) is 0.750. The van der Waals surface area contributed by atoms with E-state index in [4.69, 9.17) is 0 Å². The molecule has 0 atom stereocenters. The molecule has 0 spiro atoms. The molecule has 1 aliphatic rings. The highest BCUT2D eigenvalue weighted by molar-refractivity contribution is 4.73. The van der Waals surface area contributed by atoms with Crippen LogP contribution in [0.5, 0.6) is 0 Å². The minimum Gasteiger partial charge on any atom is -0.264 e. The molecule has 0 aliphatic carbocycles. The summed E-state index contributed by atoms with van der Waals surface area (Å²) in [7, 11) is 0. The van der Waals surface area contributed by atoms with Crippen molar-refractivity contribution in [1.82, 2.24) is 10.9 Å². The van der Waals surface area contributed by atoms with Gasteiger partial charge in [0.2, 0.25) is 0 Å². The molecule has 0 saturated heterocycles. The van der Waals surface area contributed by atoms with Crippen molar-refractivity contribution in [2.75, 3.05) is 0 Å². The molecule has 1 heterocycles. The van der Waals surface area contributed by atoms with Crippen molar-refractivity contribution in [2.24, 2.45) is 10.4 Å². The highest BCUT2D eigenvalue weighted by atomic mass is 15.6. The first-order chi connectivity index (χ1) is 3.00. The van der Waals surface area contributed by atoms with E-state index in [1.165, 1.54) is 6.20 Å². The third-order valence-electron chi connectivity index (χ3n) is 0.370. The summed E-state index contributed by atoms with van der Waals surface area (Å²) in [6.07, 6.45) is 3.11. The van der Waals surface area contributed by atoms with Crippen molar-refractivity contribution in [1.29, 1.82) is 0 Å². The lowest BCUT2D eigenvalue weighted by Gasteiger charge is -1.89. The number of hydrogen-bond acceptors (Lipinski definition) is 3. The summed E-state index contributed by atoms with van der Waals surface area (Å²) in [5.41, 5.74) is 5.86. The van der Waals surface area contributed by atoms with Gasteiger partial charge in [-0.3, -0.25) is 5.43 Å². The Hall–Kier alpha value is -1.06. The minimum atomic E-state index is 1.52. The quantitative estimate of drug-likeness (QED) is 0.438. The Labute approximate surface area is 34.9 Å². The van der Waals surface area contributed by atoms with E-state index >= 15 is 0 Å².